The van der Waals surface area contributed by atoms with Gasteiger partial charge in [-0.05, 0) is 0 Å². The number of ether oxygens (including phenoxy) is 1. The summed E-state index contributed by atoms with van der Waals surface area (Å²) in [4.78, 5) is 11.4. The standard InChI is InChI=1S/C9H14F3NO6/c10-9(11,12)2-13-8(18)7-6(17)5(16)4(15)3(1-14)19-7/h3-7,14-17H,1-2H2,(H,13,18)/t3?,4?,5?,6?,7-/m1/s1. The number of aliphatic hydroxyl groups excluding tert-OH is 4. The van der Waals surface area contributed by atoms with Crippen molar-refractivity contribution in [1.82, 2.24) is 5.32 Å². The number of hydrogen-bond acceptors (Lipinski definition) is 6. The normalized spacial score (nSPS) is 36.1. The van der Waals surface area contributed by atoms with Crippen molar-refractivity contribution < 1.29 is 43.1 Å². The summed E-state index contributed by atoms with van der Waals surface area (Å²) in [6.45, 7) is -2.39. The molecule has 1 rings (SSSR count). The van der Waals surface area contributed by atoms with Crippen LogP contribution in [0.25, 0.3) is 0 Å². The predicted octanol–water partition coefficient (Wildman–Crippen LogP) is -2.49. The maximum Gasteiger partial charge on any atom is 0.405 e. The van der Waals surface area contributed by atoms with E-state index in [2.05, 4.69) is 0 Å². The Morgan fingerprint density at radius 2 is 1.74 bits per heavy atom. The number of aliphatic hydroxyl groups is 4. The number of amides is 1. The highest BCUT2D eigenvalue weighted by Crippen LogP contribution is 2.21. The summed E-state index contributed by atoms with van der Waals surface area (Å²) in [7, 11) is 0. The highest BCUT2D eigenvalue weighted by molar-refractivity contribution is 5.81. The fourth-order valence-corrected chi connectivity index (χ4v) is 1.61. The molecular weight excluding hydrogens is 275 g/mol. The molecule has 1 heterocycles. The van der Waals surface area contributed by atoms with Gasteiger partial charge in [0.1, 0.15) is 31.0 Å². The van der Waals surface area contributed by atoms with E-state index in [1.165, 1.54) is 5.32 Å². The van der Waals surface area contributed by atoms with Gasteiger partial charge in [0.05, 0.1) is 6.61 Å². The fraction of sp³-hybridized carbons (Fsp3) is 0.889. The quantitative estimate of drug-likeness (QED) is 0.392. The molecule has 0 bridgehead atoms. The van der Waals surface area contributed by atoms with Gasteiger partial charge in [-0.1, -0.05) is 0 Å². The number of rotatable bonds is 3. The highest BCUT2D eigenvalue weighted by Gasteiger charge is 2.46. The molecule has 0 spiro atoms. The van der Waals surface area contributed by atoms with Crippen molar-refractivity contribution in [1.29, 1.82) is 0 Å². The van der Waals surface area contributed by atoms with Crippen LogP contribution in [-0.4, -0.2) is 76.2 Å². The minimum Gasteiger partial charge on any atom is -0.394 e. The molecule has 0 aromatic heterocycles. The van der Waals surface area contributed by atoms with Crippen molar-refractivity contribution in [3.8, 4) is 0 Å². The van der Waals surface area contributed by atoms with Gasteiger partial charge in [-0.25, -0.2) is 0 Å². The Morgan fingerprint density at radius 1 is 1.16 bits per heavy atom. The molecule has 5 N–H and O–H groups in total. The van der Waals surface area contributed by atoms with Gasteiger partial charge in [0.15, 0.2) is 6.10 Å². The molecule has 112 valence electrons. The van der Waals surface area contributed by atoms with E-state index >= 15 is 0 Å². The van der Waals surface area contributed by atoms with Crippen molar-refractivity contribution in [2.45, 2.75) is 36.7 Å². The summed E-state index contributed by atoms with van der Waals surface area (Å²) in [5.74, 6) is -1.30. The van der Waals surface area contributed by atoms with Crippen LogP contribution in [0, 0.1) is 0 Å². The first kappa shape index (κ1) is 16.1. The average molecular weight is 289 g/mol. The van der Waals surface area contributed by atoms with Gasteiger partial charge in [-0.2, -0.15) is 13.2 Å². The van der Waals surface area contributed by atoms with Gasteiger partial charge in [0.2, 0.25) is 0 Å². The molecular formula is C9H14F3NO6. The van der Waals surface area contributed by atoms with Gasteiger partial charge in [-0.3, -0.25) is 4.79 Å². The Balaban J connectivity index is 2.68. The maximum atomic E-state index is 11.9. The Kier molecular flexibility index (Phi) is 5.10. The third kappa shape index (κ3) is 4.01. The molecule has 1 aliphatic heterocycles. The molecule has 0 aliphatic carbocycles. The smallest absolute Gasteiger partial charge is 0.394 e. The maximum absolute atomic E-state index is 11.9. The summed E-state index contributed by atoms with van der Waals surface area (Å²) in [6, 6.07) is 0. The minimum atomic E-state index is -4.64. The monoisotopic (exact) mass is 289 g/mol. The zero-order valence-corrected chi connectivity index (χ0v) is 9.54. The Bertz CT molecular complexity index is 324. The van der Waals surface area contributed by atoms with Crippen LogP contribution in [0.1, 0.15) is 0 Å². The second-order valence-corrected chi connectivity index (χ2v) is 4.08. The molecule has 4 unspecified atom stereocenters. The van der Waals surface area contributed by atoms with Crippen molar-refractivity contribution >= 4 is 5.91 Å². The third-order valence-electron chi connectivity index (χ3n) is 2.61. The Labute approximate surface area is 105 Å². The SMILES string of the molecule is O=C(NCC(F)(F)F)[C@@H]1OC(CO)C(O)C(O)C1O. The van der Waals surface area contributed by atoms with E-state index in [0.29, 0.717) is 0 Å². The molecule has 0 radical (unpaired) electrons. The van der Waals surface area contributed by atoms with Crippen LogP contribution in [-0.2, 0) is 9.53 Å². The molecule has 19 heavy (non-hydrogen) atoms. The largest absolute Gasteiger partial charge is 0.405 e. The number of carbonyl (C=O) groups excluding carboxylic acids is 1. The summed E-state index contributed by atoms with van der Waals surface area (Å²) in [5.41, 5.74) is 0. The Hall–Kier alpha value is -0.940. The summed E-state index contributed by atoms with van der Waals surface area (Å²) < 4.78 is 40.5. The van der Waals surface area contributed by atoms with Crippen LogP contribution >= 0.6 is 0 Å². The Morgan fingerprint density at radius 3 is 2.21 bits per heavy atom. The lowest BCUT2D eigenvalue weighted by molar-refractivity contribution is -0.227. The molecule has 0 saturated carbocycles. The van der Waals surface area contributed by atoms with Crippen LogP contribution in [0.4, 0.5) is 13.2 Å². The van der Waals surface area contributed by atoms with Gasteiger partial charge in [0, 0.05) is 0 Å². The number of hydrogen-bond donors (Lipinski definition) is 5. The zero-order valence-electron chi connectivity index (χ0n) is 9.54. The molecule has 1 fully saturated rings. The van der Waals surface area contributed by atoms with E-state index in [4.69, 9.17) is 9.84 Å². The molecule has 7 nitrogen and oxygen atoms in total. The zero-order chi connectivity index (χ0) is 14.8. The second-order valence-electron chi connectivity index (χ2n) is 4.08. The summed E-state index contributed by atoms with van der Waals surface area (Å²) in [6.07, 6.45) is -13.2. The first-order valence-corrected chi connectivity index (χ1v) is 5.32. The molecule has 0 aromatic rings. The third-order valence-corrected chi connectivity index (χ3v) is 2.61. The lowest BCUT2D eigenvalue weighted by Gasteiger charge is -2.39. The van der Waals surface area contributed by atoms with Crippen LogP contribution in [0.2, 0.25) is 0 Å². The summed E-state index contributed by atoms with van der Waals surface area (Å²) in [5, 5.41) is 38.5. The first-order valence-electron chi connectivity index (χ1n) is 5.32. The molecule has 5 atom stereocenters. The highest BCUT2D eigenvalue weighted by atomic mass is 19.4. The minimum absolute atomic E-state index is 0.770. The number of nitrogens with one attached hydrogen (secondary N) is 1. The van der Waals surface area contributed by atoms with Crippen LogP contribution in [0.5, 0.6) is 0 Å². The van der Waals surface area contributed by atoms with E-state index in [1.807, 2.05) is 0 Å². The topological polar surface area (TPSA) is 119 Å². The van der Waals surface area contributed by atoms with Gasteiger partial charge >= 0.3 is 6.18 Å². The van der Waals surface area contributed by atoms with Gasteiger partial charge < -0.3 is 30.5 Å². The number of carbonyl (C=O) groups is 1. The van der Waals surface area contributed by atoms with Crippen molar-refractivity contribution in [3.05, 3.63) is 0 Å². The first-order chi connectivity index (χ1) is 8.67. The van der Waals surface area contributed by atoms with E-state index in [1.54, 1.807) is 0 Å². The van der Waals surface area contributed by atoms with Gasteiger partial charge in [-0.15, -0.1) is 0 Å². The predicted molar refractivity (Wildman–Crippen MR) is 52.8 cm³/mol. The number of alkyl halides is 3. The van der Waals surface area contributed by atoms with Crippen LogP contribution < -0.4 is 5.32 Å². The molecule has 1 aliphatic rings. The summed E-state index contributed by atoms with van der Waals surface area (Å²) >= 11 is 0. The average Bonchev–Trinajstić information content (AvgIpc) is 2.33. The lowest BCUT2D eigenvalue weighted by atomic mass is 9.95. The lowest BCUT2D eigenvalue weighted by Crippen LogP contribution is -2.62. The molecule has 0 aromatic carbocycles. The molecule has 1 saturated heterocycles. The van der Waals surface area contributed by atoms with Crippen molar-refractivity contribution in [2.24, 2.45) is 0 Å². The second kappa shape index (κ2) is 6.01. The van der Waals surface area contributed by atoms with E-state index in [-0.39, 0.29) is 0 Å². The van der Waals surface area contributed by atoms with Gasteiger partial charge in [0.25, 0.3) is 5.91 Å². The van der Waals surface area contributed by atoms with Crippen LogP contribution in [0.3, 0.4) is 0 Å². The van der Waals surface area contributed by atoms with E-state index < -0.39 is 55.8 Å². The van der Waals surface area contributed by atoms with E-state index in [9.17, 15) is 33.3 Å². The fourth-order valence-electron chi connectivity index (χ4n) is 1.61. The number of halogens is 3. The molecule has 10 heteroatoms. The van der Waals surface area contributed by atoms with Crippen molar-refractivity contribution in [2.75, 3.05) is 13.2 Å². The van der Waals surface area contributed by atoms with Crippen molar-refractivity contribution in [3.63, 3.8) is 0 Å². The van der Waals surface area contributed by atoms with E-state index in [0.717, 1.165) is 0 Å². The van der Waals surface area contributed by atoms with Crippen LogP contribution in [0.15, 0.2) is 0 Å². The molecule has 1 amide bonds.